The zero-order chi connectivity index (χ0) is 10.0. The summed E-state index contributed by atoms with van der Waals surface area (Å²) in [5.74, 6) is 0.464. The van der Waals surface area contributed by atoms with Gasteiger partial charge in [0.2, 0.25) is 0 Å². The van der Waals surface area contributed by atoms with Crippen LogP contribution in [0.1, 0.15) is 25.6 Å². The zero-order valence-corrected chi connectivity index (χ0v) is 9.82. The van der Waals surface area contributed by atoms with Crippen LogP contribution in [0.3, 0.4) is 0 Å². The van der Waals surface area contributed by atoms with Gasteiger partial charge in [0, 0.05) is 9.77 Å². The normalized spacial score (nSPS) is 13.3. The van der Waals surface area contributed by atoms with Crippen LogP contribution in [-0.4, -0.2) is 10.1 Å². The van der Waals surface area contributed by atoms with E-state index in [1.807, 2.05) is 13.8 Å². The van der Waals surface area contributed by atoms with E-state index < -0.39 is 0 Å². The minimum absolute atomic E-state index is 0.188. The molecule has 1 aromatic heterocycles. The van der Waals surface area contributed by atoms with E-state index >= 15 is 0 Å². The molecule has 0 fully saturated rings. The second kappa shape index (κ2) is 4.23. The number of aromatic nitrogens is 1. The van der Waals surface area contributed by atoms with Gasteiger partial charge < -0.3 is 10.8 Å². The molecule has 1 aromatic rings. The predicted molar refractivity (Wildman–Crippen MR) is 60.4 cm³/mol. The Hall–Kier alpha value is -0.360. The number of pyridine rings is 1. The Balaban J connectivity index is 3.01. The molecule has 1 atom stereocenters. The summed E-state index contributed by atoms with van der Waals surface area (Å²) in [6, 6.07) is 1.47. The molecule has 1 rings (SSSR count). The molecule has 0 bridgehead atoms. The van der Waals surface area contributed by atoms with Crippen LogP contribution in [0.15, 0.2) is 12.3 Å². The van der Waals surface area contributed by atoms with Crippen molar-refractivity contribution in [3.63, 3.8) is 0 Å². The molecular formula is C9H13IN2O. The SMILES string of the molecule is CC(C)[C@H](N)c1ncc(I)cc1O. The van der Waals surface area contributed by atoms with Crippen molar-refractivity contribution in [2.45, 2.75) is 19.9 Å². The van der Waals surface area contributed by atoms with Crippen molar-refractivity contribution in [2.75, 3.05) is 0 Å². The van der Waals surface area contributed by atoms with Gasteiger partial charge in [-0.05, 0) is 34.6 Å². The van der Waals surface area contributed by atoms with Gasteiger partial charge in [-0.1, -0.05) is 13.8 Å². The van der Waals surface area contributed by atoms with Gasteiger partial charge >= 0.3 is 0 Å². The summed E-state index contributed by atoms with van der Waals surface area (Å²) in [4.78, 5) is 4.12. The molecule has 4 heteroatoms. The van der Waals surface area contributed by atoms with Gasteiger partial charge in [-0.2, -0.15) is 0 Å². The molecule has 0 aliphatic carbocycles. The summed E-state index contributed by atoms with van der Waals surface area (Å²) in [5.41, 5.74) is 6.44. The lowest BCUT2D eigenvalue weighted by Gasteiger charge is -2.15. The van der Waals surface area contributed by atoms with Crippen molar-refractivity contribution in [1.29, 1.82) is 0 Å². The average molecular weight is 292 g/mol. The Labute approximate surface area is 91.5 Å². The fourth-order valence-corrected chi connectivity index (χ4v) is 1.45. The monoisotopic (exact) mass is 292 g/mol. The van der Waals surface area contributed by atoms with E-state index in [1.165, 1.54) is 0 Å². The van der Waals surface area contributed by atoms with Crippen molar-refractivity contribution >= 4 is 22.6 Å². The van der Waals surface area contributed by atoms with E-state index in [2.05, 4.69) is 27.6 Å². The number of nitrogens with two attached hydrogens (primary N) is 1. The fourth-order valence-electron chi connectivity index (χ4n) is 1.01. The first kappa shape index (κ1) is 10.7. The highest BCUT2D eigenvalue weighted by atomic mass is 127. The van der Waals surface area contributed by atoms with Gasteiger partial charge in [-0.15, -0.1) is 0 Å². The molecule has 0 spiro atoms. The highest BCUT2D eigenvalue weighted by molar-refractivity contribution is 14.1. The molecule has 1 heterocycles. The number of hydrogen-bond acceptors (Lipinski definition) is 3. The maximum Gasteiger partial charge on any atom is 0.139 e. The number of rotatable bonds is 2. The summed E-state index contributed by atoms with van der Waals surface area (Å²) in [5, 5.41) is 9.56. The van der Waals surface area contributed by atoms with Crippen LogP contribution in [-0.2, 0) is 0 Å². The summed E-state index contributed by atoms with van der Waals surface area (Å²) in [6.07, 6.45) is 1.71. The van der Waals surface area contributed by atoms with Crippen LogP contribution in [0.25, 0.3) is 0 Å². The zero-order valence-electron chi connectivity index (χ0n) is 7.66. The summed E-state index contributed by atoms with van der Waals surface area (Å²) >= 11 is 2.10. The second-order valence-electron chi connectivity index (χ2n) is 3.33. The number of halogens is 1. The summed E-state index contributed by atoms with van der Waals surface area (Å²) in [6.45, 7) is 4.01. The lowest BCUT2D eigenvalue weighted by molar-refractivity contribution is 0.430. The molecule has 0 aliphatic heterocycles. The van der Waals surface area contributed by atoms with Crippen LogP contribution >= 0.6 is 22.6 Å². The third-order valence-corrected chi connectivity index (χ3v) is 2.49. The largest absolute Gasteiger partial charge is 0.506 e. The minimum atomic E-state index is -0.197. The van der Waals surface area contributed by atoms with Crippen molar-refractivity contribution < 1.29 is 5.11 Å². The quantitative estimate of drug-likeness (QED) is 0.820. The average Bonchev–Trinajstić information content (AvgIpc) is 2.03. The van der Waals surface area contributed by atoms with Crippen LogP contribution in [0.2, 0.25) is 0 Å². The van der Waals surface area contributed by atoms with Crippen molar-refractivity contribution in [3.05, 3.63) is 21.5 Å². The third kappa shape index (κ3) is 2.54. The Morgan fingerprint density at radius 3 is 2.62 bits per heavy atom. The van der Waals surface area contributed by atoms with E-state index in [9.17, 15) is 5.11 Å². The first-order valence-electron chi connectivity index (χ1n) is 4.12. The van der Waals surface area contributed by atoms with Gasteiger partial charge in [-0.3, -0.25) is 4.98 Å². The van der Waals surface area contributed by atoms with Gasteiger partial charge in [0.05, 0.1) is 11.7 Å². The molecule has 3 N–H and O–H groups in total. The summed E-state index contributed by atoms with van der Waals surface area (Å²) in [7, 11) is 0. The highest BCUT2D eigenvalue weighted by Gasteiger charge is 2.15. The molecule has 0 saturated heterocycles. The highest BCUT2D eigenvalue weighted by Crippen LogP contribution is 2.26. The molecule has 13 heavy (non-hydrogen) atoms. The Morgan fingerprint density at radius 2 is 2.15 bits per heavy atom. The Morgan fingerprint density at radius 1 is 1.54 bits per heavy atom. The van der Waals surface area contributed by atoms with Crippen LogP contribution in [0, 0.1) is 9.49 Å². The molecule has 0 aromatic carbocycles. The van der Waals surface area contributed by atoms with Crippen LogP contribution < -0.4 is 5.73 Å². The van der Waals surface area contributed by atoms with E-state index in [1.54, 1.807) is 12.3 Å². The molecule has 72 valence electrons. The van der Waals surface area contributed by atoms with Crippen LogP contribution in [0.5, 0.6) is 5.75 Å². The molecule has 0 aliphatic rings. The number of hydrogen-bond donors (Lipinski definition) is 2. The predicted octanol–water partition coefficient (Wildman–Crippen LogP) is 2.05. The van der Waals surface area contributed by atoms with Gasteiger partial charge in [0.15, 0.2) is 0 Å². The van der Waals surface area contributed by atoms with Crippen molar-refractivity contribution in [1.82, 2.24) is 4.98 Å². The van der Waals surface area contributed by atoms with Crippen LogP contribution in [0.4, 0.5) is 0 Å². The van der Waals surface area contributed by atoms with Crippen molar-refractivity contribution in [3.8, 4) is 5.75 Å². The fraction of sp³-hybridized carbons (Fsp3) is 0.444. The molecule has 0 unspecified atom stereocenters. The van der Waals surface area contributed by atoms with E-state index in [-0.39, 0.29) is 17.7 Å². The molecule has 0 amide bonds. The standard InChI is InChI=1S/C9H13IN2O/c1-5(2)8(11)9-7(13)3-6(10)4-12-9/h3-5,8,13H,11H2,1-2H3/t8-/m0/s1. The minimum Gasteiger partial charge on any atom is -0.506 e. The molecule has 0 radical (unpaired) electrons. The first-order chi connectivity index (χ1) is 6.02. The van der Waals surface area contributed by atoms with E-state index in [0.29, 0.717) is 5.69 Å². The Bertz CT molecular complexity index is 302. The molecule has 3 nitrogen and oxygen atoms in total. The number of aromatic hydroxyl groups is 1. The third-order valence-electron chi connectivity index (χ3n) is 1.90. The lowest BCUT2D eigenvalue weighted by Crippen LogP contribution is -2.18. The van der Waals surface area contributed by atoms with E-state index in [4.69, 9.17) is 5.73 Å². The number of nitrogens with zero attached hydrogens (tertiary/aromatic N) is 1. The second-order valence-corrected chi connectivity index (χ2v) is 4.57. The molecule has 0 saturated carbocycles. The Kier molecular flexibility index (Phi) is 3.49. The summed E-state index contributed by atoms with van der Waals surface area (Å²) < 4.78 is 0.912. The maximum absolute atomic E-state index is 9.56. The van der Waals surface area contributed by atoms with E-state index in [0.717, 1.165) is 3.57 Å². The maximum atomic E-state index is 9.56. The van der Waals surface area contributed by atoms with Gasteiger partial charge in [0.1, 0.15) is 5.75 Å². The topological polar surface area (TPSA) is 59.1 Å². The smallest absolute Gasteiger partial charge is 0.139 e. The van der Waals surface area contributed by atoms with Gasteiger partial charge in [-0.25, -0.2) is 0 Å². The first-order valence-corrected chi connectivity index (χ1v) is 5.20. The van der Waals surface area contributed by atoms with Crippen molar-refractivity contribution in [2.24, 2.45) is 11.7 Å². The molecular weight excluding hydrogens is 279 g/mol. The lowest BCUT2D eigenvalue weighted by atomic mass is 10.0. The van der Waals surface area contributed by atoms with Gasteiger partial charge in [0.25, 0.3) is 0 Å².